The molecular weight excluding hydrogens is 359 g/mol. The fraction of sp³-hybridized carbons (Fsp3) is 0.333. The number of piperazine rings is 1. The minimum absolute atomic E-state index is 0.0151. The van der Waals surface area contributed by atoms with Gasteiger partial charge in [-0.15, -0.1) is 0 Å². The molecule has 1 aromatic heterocycles. The van der Waals surface area contributed by atoms with Crippen molar-refractivity contribution in [3.63, 3.8) is 0 Å². The monoisotopic (exact) mass is 378 g/mol. The molecule has 0 radical (unpaired) electrons. The lowest BCUT2D eigenvalue weighted by atomic mass is 10.1. The molecule has 1 aliphatic heterocycles. The Labute approximate surface area is 157 Å². The Balaban J connectivity index is 1.57. The lowest BCUT2D eigenvalue weighted by Crippen LogP contribution is -2.53. The number of rotatable bonds is 4. The summed E-state index contributed by atoms with van der Waals surface area (Å²) in [6, 6.07) is 11.0. The van der Waals surface area contributed by atoms with Crippen LogP contribution in [0.15, 0.2) is 42.6 Å². The van der Waals surface area contributed by atoms with Gasteiger partial charge in [0.15, 0.2) is 0 Å². The molecule has 0 saturated carbocycles. The molecule has 0 aliphatic carbocycles. The molecule has 1 atom stereocenters. The Hall–Kier alpha value is -1.82. The van der Waals surface area contributed by atoms with Crippen molar-refractivity contribution in [2.45, 2.75) is 12.5 Å². The van der Waals surface area contributed by atoms with E-state index >= 15 is 0 Å². The minimum atomic E-state index is -0.522. The number of pyridine rings is 1. The maximum atomic E-state index is 12.6. The van der Waals surface area contributed by atoms with Crippen molar-refractivity contribution in [3.8, 4) is 0 Å². The second-order valence-corrected chi connectivity index (χ2v) is 6.91. The van der Waals surface area contributed by atoms with Crippen molar-refractivity contribution in [2.24, 2.45) is 5.73 Å². The van der Waals surface area contributed by atoms with E-state index in [0.29, 0.717) is 48.5 Å². The number of carbonyl (C=O) groups is 1. The fourth-order valence-electron chi connectivity index (χ4n) is 2.97. The van der Waals surface area contributed by atoms with Gasteiger partial charge in [0.1, 0.15) is 5.82 Å². The first-order valence-corrected chi connectivity index (χ1v) is 8.94. The first-order chi connectivity index (χ1) is 12.0. The molecule has 1 aliphatic rings. The summed E-state index contributed by atoms with van der Waals surface area (Å²) in [6.07, 6.45) is 2.13. The number of hydrogen-bond donors (Lipinski definition) is 1. The van der Waals surface area contributed by atoms with Crippen LogP contribution in [0.2, 0.25) is 10.0 Å². The fourth-order valence-corrected chi connectivity index (χ4v) is 3.47. The molecule has 132 valence electrons. The first-order valence-electron chi connectivity index (χ1n) is 8.19. The Bertz CT molecular complexity index is 733. The van der Waals surface area contributed by atoms with E-state index < -0.39 is 6.04 Å². The Morgan fingerprint density at radius 1 is 1.16 bits per heavy atom. The van der Waals surface area contributed by atoms with Crippen LogP contribution in [0.5, 0.6) is 0 Å². The second-order valence-electron chi connectivity index (χ2n) is 6.07. The zero-order valence-electron chi connectivity index (χ0n) is 13.7. The van der Waals surface area contributed by atoms with Crippen molar-refractivity contribution in [2.75, 3.05) is 31.1 Å². The van der Waals surface area contributed by atoms with Gasteiger partial charge in [-0.25, -0.2) is 4.98 Å². The molecular formula is C18H20Cl2N4O. The van der Waals surface area contributed by atoms with Gasteiger partial charge in [-0.05, 0) is 18.1 Å². The molecule has 25 heavy (non-hydrogen) atoms. The van der Waals surface area contributed by atoms with Crippen LogP contribution in [0.4, 0.5) is 5.82 Å². The van der Waals surface area contributed by atoms with Gasteiger partial charge in [0, 0.05) is 32.4 Å². The summed E-state index contributed by atoms with van der Waals surface area (Å²) >= 11 is 12.1. The molecule has 1 saturated heterocycles. The van der Waals surface area contributed by atoms with E-state index in [1.165, 1.54) is 0 Å². The van der Waals surface area contributed by atoms with E-state index in [0.717, 1.165) is 5.56 Å². The summed E-state index contributed by atoms with van der Waals surface area (Å²) < 4.78 is 0. The van der Waals surface area contributed by atoms with Gasteiger partial charge in [-0.1, -0.05) is 53.5 Å². The van der Waals surface area contributed by atoms with Gasteiger partial charge in [-0.2, -0.15) is 0 Å². The van der Waals surface area contributed by atoms with E-state index in [1.807, 2.05) is 35.2 Å². The smallest absolute Gasteiger partial charge is 0.239 e. The summed E-state index contributed by atoms with van der Waals surface area (Å²) in [7, 11) is 0. The van der Waals surface area contributed by atoms with Crippen LogP contribution < -0.4 is 10.6 Å². The largest absolute Gasteiger partial charge is 0.352 e. The van der Waals surface area contributed by atoms with Crippen molar-refractivity contribution < 1.29 is 4.79 Å². The van der Waals surface area contributed by atoms with Gasteiger partial charge in [0.2, 0.25) is 5.91 Å². The Morgan fingerprint density at radius 3 is 2.48 bits per heavy atom. The molecule has 7 heteroatoms. The molecule has 0 spiro atoms. The minimum Gasteiger partial charge on any atom is -0.352 e. The predicted octanol–water partition coefficient (Wildman–Crippen LogP) is 2.61. The average molecular weight is 379 g/mol. The molecule has 1 unspecified atom stereocenters. The number of halogens is 2. The van der Waals surface area contributed by atoms with Crippen LogP contribution in [0.1, 0.15) is 5.56 Å². The third kappa shape index (κ3) is 4.42. The van der Waals surface area contributed by atoms with Gasteiger partial charge in [0.25, 0.3) is 0 Å². The topological polar surface area (TPSA) is 62.5 Å². The lowest BCUT2D eigenvalue weighted by Gasteiger charge is -2.36. The average Bonchev–Trinajstić information content (AvgIpc) is 2.62. The van der Waals surface area contributed by atoms with E-state index in [-0.39, 0.29) is 5.91 Å². The molecule has 0 bridgehead atoms. The number of carbonyl (C=O) groups excluding carboxylic acids is 1. The Morgan fingerprint density at radius 2 is 1.84 bits per heavy atom. The van der Waals surface area contributed by atoms with Crippen LogP contribution >= 0.6 is 23.2 Å². The van der Waals surface area contributed by atoms with Gasteiger partial charge >= 0.3 is 0 Å². The number of benzene rings is 1. The third-order valence-electron chi connectivity index (χ3n) is 4.29. The van der Waals surface area contributed by atoms with Crippen LogP contribution in [0.3, 0.4) is 0 Å². The van der Waals surface area contributed by atoms with Crippen molar-refractivity contribution in [1.82, 2.24) is 9.88 Å². The zero-order valence-corrected chi connectivity index (χ0v) is 15.2. The highest BCUT2D eigenvalue weighted by atomic mass is 35.5. The standard InChI is InChI=1S/C18H20Cl2N4O/c19-14-11-15(20)17(22-12-14)23-6-8-24(9-7-23)18(25)16(21)10-13-4-2-1-3-5-13/h1-5,11-12,16H,6-10,21H2. The molecule has 1 fully saturated rings. The maximum absolute atomic E-state index is 12.6. The zero-order chi connectivity index (χ0) is 17.8. The molecule has 3 rings (SSSR count). The number of aromatic nitrogens is 1. The van der Waals surface area contributed by atoms with Crippen LogP contribution in [-0.4, -0.2) is 48.0 Å². The van der Waals surface area contributed by atoms with Crippen molar-refractivity contribution in [1.29, 1.82) is 0 Å². The number of hydrogen-bond acceptors (Lipinski definition) is 4. The van der Waals surface area contributed by atoms with Crippen LogP contribution in [0.25, 0.3) is 0 Å². The number of amides is 1. The van der Waals surface area contributed by atoms with E-state index in [2.05, 4.69) is 9.88 Å². The van der Waals surface area contributed by atoms with Crippen LogP contribution in [0, 0.1) is 0 Å². The molecule has 1 amide bonds. The normalized spacial score (nSPS) is 16.0. The highest BCUT2D eigenvalue weighted by Crippen LogP contribution is 2.26. The first kappa shape index (κ1) is 18.0. The molecule has 5 nitrogen and oxygen atoms in total. The van der Waals surface area contributed by atoms with Crippen molar-refractivity contribution in [3.05, 3.63) is 58.2 Å². The summed E-state index contributed by atoms with van der Waals surface area (Å²) in [5.74, 6) is 0.686. The third-order valence-corrected chi connectivity index (χ3v) is 4.78. The highest BCUT2D eigenvalue weighted by Gasteiger charge is 2.26. The van der Waals surface area contributed by atoms with E-state index in [9.17, 15) is 4.79 Å². The number of nitrogens with zero attached hydrogens (tertiary/aromatic N) is 3. The van der Waals surface area contributed by atoms with Gasteiger partial charge in [0.05, 0.1) is 16.1 Å². The SMILES string of the molecule is NC(Cc1ccccc1)C(=O)N1CCN(c2ncc(Cl)cc2Cl)CC1. The van der Waals surface area contributed by atoms with Crippen molar-refractivity contribution >= 4 is 34.9 Å². The molecule has 2 heterocycles. The maximum Gasteiger partial charge on any atom is 0.239 e. The quantitative estimate of drug-likeness (QED) is 0.887. The van der Waals surface area contributed by atoms with Gasteiger partial charge in [-0.3, -0.25) is 4.79 Å². The number of anilines is 1. The summed E-state index contributed by atoms with van der Waals surface area (Å²) in [6.45, 7) is 2.53. The Kier molecular flexibility index (Phi) is 5.78. The second kappa shape index (κ2) is 8.04. The van der Waals surface area contributed by atoms with E-state index in [4.69, 9.17) is 28.9 Å². The van der Waals surface area contributed by atoms with Crippen LogP contribution in [-0.2, 0) is 11.2 Å². The summed E-state index contributed by atoms with van der Waals surface area (Å²) in [5, 5.41) is 1.03. The number of nitrogens with two attached hydrogens (primary N) is 1. The lowest BCUT2D eigenvalue weighted by molar-refractivity contribution is -0.132. The van der Waals surface area contributed by atoms with E-state index in [1.54, 1.807) is 12.3 Å². The summed E-state index contributed by atoms with van der Waals surface area (Å²) in [4.78, 5) is 20.8. The molecule has 1 aromatic carbocycles. The predicted molar refractivity (Wildman–Crippen MR) is 101 cm³/mol. The molecule has 2 N–H and O–H groups in total. The molecule has 2 aromatic rings. The highest BCUT2D eigenvalue weighted by molar-refractivity contribution is 6.36. The van der Waals surface area contributed by atoms with Gasteiger partial charge < -0.3 is 15.5 Å². The summed E-state index contributed by atoms with van der Waals surface area (Å²) in [5.41, 5.74) is 7.18.